The number of hydrogen-bond acceptors (Lipinski definition) is 5. The number of nitrogens with zero attached hydrogens (tertiary/aromatic N) is 2. The Balaban J connectivity index is 2.94. The van der Waals surface area contributed by atoms with E-state index in [9.17, 15) is 0 Å². The van der Waals surface area contributed by atoms with Gasteiger partial charge in [-0.3, -0.25) is 0 Å². The van der Waals surface area contributed by atoms with Crippen LogP contribution in [-0.4, -0.2) is 15.8 Å². The fourth-order valence-electron chi connectivity index (χ4n) is 1.64. The van der Waals surface area contributed by atoms with E-state index in [4.69, 9.17) is 5.73 Å². The van der Waals surface area contributed by atoms with Gasteiger partial charge in [0.1, 0.15) is 11.0 Å². The first-order valence-electron chi connectivity index (χ1n) is 4.35. The molecular weight excluding hydrogens is 196 g/mol. The Morgan fingerprint density at radius 2 is 1.71 bits per heavy atom. The first kappa shape index (κ1) is 9.21. The maximum absolute atomic E-state index is 5.99. The normalized spacial score (nSPS) is 10.8. The lowest BCUT2D eigenvalue weighted by molar-refractivity contribution is 1.38. The Morgan fingerprint density at radius 3 is 2.29 bits per heavy atom. The molecule has 0 aliphatic carbocycles. The zero-order valence-electron chi connectivity index (χ0n) is 8.38. The maximum atomic E-state index is 5.99. The summed E-state index contributed by atoms with van der Waals surface area (Å²) in [6.07, 6.45) is 0. The molecule has 0 aliphatic rings. The van der Waals surface area contributed by atoms with E-state index < -0.39 is 0 Å². The standard InChI is InChI=1S/C9H12N4S/c1-4-6(10)7(11-3)5(2)9-8(4)12-14-13-9/h11H,10H2,1-3H3. The molecule has 5 heteroatoms. The van der Waals surface area contributed by atoms with Gasteiger partial charge in [0.05, 0.1) is 23.1 Å². The van der Waals surface area contributed by atoms with E-state index in [-0.39, 0.29) is 0 Å². The van der Waals surface area contributed by atoms with Gasteiger partial charge >= 0.3 is 0 Å². The van der Waals surface area contributed by atoms with Gasteiger partial charge in [-0.05, 0) is 13.8 Å². The van der Waals surface area contributed by atoms with Gasteiger partial charge in [0.2, 0.25) is 0 Å². The average Bonchev–Trinajstić information content (AvgIpc) is 2.64. The number of nitrogen functional groups attached to an aromatic ring is 1. The second kappa shape index (κ2) is 3.09. The number of hydrogen-bond donors (Lipinski definition) is 2. The van der Waals surface area contributed by atoms with Gasteiger partial charge < -0.3 is 11.1 Å². The Kier molecular flexibility index (Phi) is 2.03. The fourth-order valence-corrected chi connectivity index (χ4v) is 2.29. The maximum Gasteiger partial charge on any atom is 0.110 e. The molecule has 0 radical (unpaired) electrons. The van der Waals surface area contributed by atoms with Crippen LogP contribution in [-0.2, 0) is 0 Å². The van der Waals surface area contributed by atoms with E-state index in [0.29, 0.717) is 0 Å². The Bertz CT molecular complexity index is 489. The first-order valence-corrected chi connectivity index (χ1v) is 5.08. The van der Waals surface area contributed by atoms with Gasteiger partial charge in [-0.1, -0.05) is 0 Å². The van der Waals surface area contributed by atoms with Crippen molar-refractivity contribution < 1.29 is 0 Å². The second-order valence-corrected chi connectivity index (χ2v) is 3.78. The third-order valence-corrected chi connectivity index (χ3v) is 3.03. The number of aryl methyl sites for hydroxylation is 2. The van der Waals surface area contributed by atoms with Gasteiger partial charge in [-0.2, -0.15) is 8.75 Å². The number of aromatic nitrogens is 2. The van der Waals surface area contributed by atoms with Crippen molar-refractivity contribution in [1.82, 2.24) is 8.75 Å². The van der Waals surface area contributed by atoms with Gasteiger partial charge in [-0.15, -0.1) is 0 Å². The molecule has 0 amide bonds. The minimum Gasteiger partial charge on any atom is -0.397 e. The van der Waals surface area contributed by atoms with Crippen molar-refractivity contribution in [3.05, 3.63) is 11.1 Å². The molecule has 0 unspecified atom stereocenters. The van der Waals surface area contributed by atoms with Crippen LogP contribution < -0.4 is 11.1 Å². The average molecular weight is 208 g/mol. The number of fused-ring (bicyclic) bond motifs is 1. The summed E-state index contributed by atoms with van der Waals surface area (Å²) in [5.74, 6) is 0. The molecule has 0 fully saturated rings. The molecular formula is C9H12N4S. The SMILES string of the molecule is CNc1c(N)c(C)c2nsnc2c1C. The summed E-state index contributed by atoms with van der Waals surface area (Å²) in [5.41, 5.74) is 11.7. The van der Waals surface area contributed by atoms with Crippen molar-refractivity contribution in [3.8, 4) is 0 Å². The van der Waals surface area contributed by atoms with E-state index in [0.717, 1.165) is 33.5 Å². The monoisotopic (exact) mass is 208 g/mol. The highest BCUT2D eigenvalue weighted by molar-refractivity contribution is 7.00. The Labute approximate surface area is 86.5 Å². The van der Waals surface area contributed by atoms with Crippen molar-refractivity contribution in [2.24, 2.45) is 0 Å². The van der Waals surface area contributed by atoms with Crippen molar-refractivity contribution in [2.45, 2.75) is 13.8 Å². The van der Waals surface area contributed by atoms with Crippen LogP contribution in [0.3, 0.4) is 0 Å². The molecule has 3 N–H and O–H groups in total. The number of rotatable bonds is 1. The molecule has 2 rings (SSSR count). The molecule has 1 aromatic heterocycles. The van der Waals surface area contributed by atoms with E-state index in [1.165, 1.54) is 11.7 Å². The lowest BCUT2D eigenvalue weighted by Crippen LogP contribution is -2.01. The highest BCUT2D eigenvalue weighted by Crippen LogP contribution is 2.33. The molecule has 0 bridgehead atoms. The zero-order valence-corrected chi connectivity index (χ0v) is 9.20. The van der Waals surface area contributed by atoms with Gasteiger partial charge in [0.15, 0.2) is 0 Å². The summed E-state index contributed by atoms with van der Waals surface area (Å²) in [5, 5.41) is 3.10. The van der Waals surface area contributed by atoms with Crippen LogP contribution in [0.15, 0.2) is 0 Å². The van der Waals surface area contributed by atoms with Crippen LogP contribution in [0.2, 0.25) is 0 Å². The summed E-state index contributed by atoms with van der Waals surface area (Å²) < 4.78 is 8.50. The van der Waals surface area contributed by atoms with Crippen LogP contribution >= 0.6 is 11.7 Å². The van der Waals surface area contributed by atoms with Crippen molar-refractivity contribution >= 4 is 34.1 Å². The summed E-state index contributed by atoms with van der Waals surface area (Å²) in [6, 6.07) is 0. The van der Waals surface area contributed by atoms with E-state index in [2.05, 4.69) is 14.1 Å². The van der Waals surface area contributed by atoms with Crippen LogP contribution in [0.5, 0.6) is 0 Å². The minimum atomic E-state index is 0.769. The van der Waals surface area contributed by atoms with Crippen LogP contribution in [0, 0.1) is 13.8 Å². The molecule has 1 heterocycles. The van der Waals surface area contributed by atoms with Crippen LogP contribution in [0.1, 0.15) is 11.1 Å². The zero-order chi connectivity index (χ0) is 10.3. The van der Waals surface area contributed by atoms with Crippen molar-refractivity contribution in [3.63, 3.8) is 0 Å². The number of anilines is 2. The molecule has 2 aromatic rings. The minimum absolute atomic E-state index is 0.769. The molecule has 0 spiro atoms. The van der Waals surface area contributed by atoms with Crippen molar-refractivity contribution in [2.75, 3.05) is 18.1 Å². The fraction of sp³-hybridized carbons (Fsp3) is 0.333. The van der Waals surface area contributed by atoms with Gasteiger partial charge in [-0.25, -0.2) is 0 Å². The highest BCUT2D eigenvalue weighted by Gasteiger charge is 2.14. The Morgan fingerprint density at radius 1 is 1.14 bits per heavy atom. The van der Waals surface area contributed by atoms with E-state index >= 15 is 0 Å². The molecule has 14 heavy (non-hydrogen) atoms. The smallest absolute Gasteiger partial charge is 0.110 e. The highest BCUT2D eigenvalue weighted by atomic mass is 32.1. The van der Waals surface area contributed by atoms with Gasteiger partial charge in [0, 0.05) is 18.2 Å². The predicted octanol–water partition coefficient (Wildman–Crippen LogP) is 1.93. The lowest BCUT2D eigenvalue weighted by atomic mass is 10.1. The molecule has 0 saturated heterocycles. The van der Waals surface area contributed by atoms with E-state index in [1.54, 1.807) is 0 Å². The molecule has 4 nitrogen and oxygen atoms in total. The third-order valence-electron chi connectivity index (χ3n) is 2.50. The van der Waals surface area contributed by atoms with Crippen LogP contribution in [0.25, 0.3) is 11.0 Å². The summed E-state index contributed by atoms with van der Waals surface area (Å²) in [4.78, 5) is 0. The Hall–Kier alpha value is -1.36. The lowest BCUT2D eigenvalue weighted by Gasteiger charge is -2.11. The number of benzene rings is 1. The summed E-state index contributed by atoms with van der Waals surface area (Å²) >= 11 is 1.23. The molecule has 74 valence electrons. The summed E-state index contributed by atoms with van der Waals surface area (Å²) in [7, 11) is 1.86. The van der Waals surface area contributed by atoms with Crippen LogP contribution in [0.4, 0.5) is 11.4 Å². The quantitative estimate of drug-likeness (QED) is 0.703. The topological polar surface area (TPSA) is 63.8 Å². The number of nitrogens with two attached hydrogens (primary N) is 1. The largest absolute Gasteiger partial charge is 0.397 e. The van der Waals surface area contributed by atoms with Crippen molar-refractivity contribution in [1.29, 1.82) is 0 Å². The van der Waals surface area contributed by atoms with E-state index in [1.807, 2.05) is 20.9 Å². The first-order chi connectivity index (χ1) is 6.66. The predicted molar refractivity (Wildman–Crippen MR) is 60.8 cm³/mol. The van der Waals surface area contributed by atoms with Gasteiger partial charge in [0.25, 0.3) is 0 Å². The molecule has 0 saturated carbocycles. The molecule has 1 aromatic carbocycles. The molecule has 0 atom stereocenters. The molecule has 0 aliphatic heterocycles. The summed E-state index contributed by atoms with van der Waals surface area (Å²) in [6.45, 7) is 3.98. The second-order valence-electron chi connectivity index (χ2n) is 3.25. The third kappa shape index (κ3) is 1.05. The number of nitrogens with one attached hydrogen (secondary N) is 1.